The second kappa shape index (κ2) is 9.29. The number of likely N-dealkylation sites (tertiary alicyclic amines) is 1. The van der Waals surface area contributed by atoms with Gasteiger partial charge in [0.25, 0.3) is 0 Å². The lowest BCUT2D eigenvalue weighted by Gasteiger charge is -2.30. The van der Waals surface area contributed by atoms with Gasteiger partial charge in [-0.25, -0.2) is 4.98 Å². The zero-order valence-corrected chi connectivity index (χ0v) is 19.3. The first kappa shape index (κ1) is 21.6. The number of carbonyl (C=O) groups is 2. The number of nitrogens with zero attached hydrogens (tertiary/aromatic N) is 2. The first-order valence-corrected chi connectivity index (χ1v) is 12.0. The minimum Gasteiger partial charge on any atom is -0.324 e. The number of hydrogen-bond donors (Lipinski definition) is 2. The first-order valence-electron chi connectivity index (χ1n) is 11.2. The number of aromatic nitrogens is 1. The average molecular weight is 459 g/mol. The molecule has 2 N–H and O–H groups in total. The summed E-state index contributed by atoms with van der Waals surface area (Å²) < 4.78 is 1.08. The standard InChI is InChI=1S/C26H26N4O2S/c1-17-9-10-22-23(15-17)33-26(28-22)29-25(32)19-11-13-30(14-12-19)16-24(31)27-21-8-4-6-18-5-2-3-7-20(18)21/h2-10,15,19H,11-14,16H2,1H3,(H,27,31)(H,28,29,32). The summed E-state index contributed by atoms with van der Waals surface area (Å²) in [6.45, 7) is 3.82. The molecule has 0 atom stereocenters. The van der Waals surface area contributed by atoms with Gasteiger partial charge in [0.05, 0.1) is 16.8 Å². The average Bonchev–Trinajstić information content (AvgIpc) is 3.21. The topological polar surface area (TPSA) is 74.3 Å². The molecular weight excluding hydrogens is 432 g/mol. The minimum atomic E-state index is -0.0591. The van der Waals surface area contributed by atoms with Crippen LogP contribution in [-0.4, -0.2) is 41.3 Å². The largest absolute Gasteiger partial charge is 0.324 e. The van der Waals surface area contributed by atoms with Crippen molar-refractivity contribution in [1.82, 2.24) is 9.88 Å². The van der Waals surface area contributed by atoms with Crippen molar-refractivity contribution in [2.75, 3.05) is 30.3 Å². The van der Waals surface area contributed by atoms with Gasteiger partial charge in [-0.15, -0.1) is 0 Å². The molecule has 1 aliphatic heterocycles. The summed E-state index contributed by atoms with van der Waals surface area (Å²) in [6, 6.07) is 20.0. The summed E-state index contributed by atoms with van der Waals surface area (Å²) in [7, 11) is 0. The monoisotopic (exact) mass is 458 g/mol. The Morgan fingerprint density at radius 2 is 1.82 bits per heavy atom. The number of rotatable bonds is 5. The molecule has 0 radical (unpaired) electrons. The number of fused-ring (bicyclic) bond motifs is 2. The highest BCUT2D eigenvalue weighted by molar-refractivity contribution is 7.22. The van der Waals surface area contributed by atoms with E-state index in [1.165, 1.54) is 16.9 Å². The van der Waals surface area contributed by atoms with Gasteiger partial charge < -0.3 is 10.6 Å². The zero-order chi connectivity index (χ0) is 22.8. The quantitative estimate of drug-likeness (QED) is 0.439. The van der Waals surface area contributed by atoms with Crippen molar-refractivity contribution in [2.45, 2.75) is 19.8 Å². The van der Waals surface area contributed by atoms with Crippen molar-refractivity contribution >= 4 is 55.0 Å². The molecule has 1 fully saturated rings. The molecule has 1 aliphatic rings. The lowest BCUT2D eigenvalue weighted by atomic mass is 9.96. The van der Waals surface area contributed by atoms with Crippen LogP contribution in [0.5, 0.6) is 0 Å². The van der Waals surface area contributed by atoms with Gasteiger partial charge in [-0.2, -0.15) is 0 Å². The van der Waals surface area contributed by atoms with E-state index in [9.17, 15) is 9.59 Å². The fourth-order valence-corrected chi connectivity index (χ4v) is 5.34. The summed E-state index contributed by atoms with van der Waals surface area (Å²) >= 11 is 1.51. The van der Waals surface area contributed by atoms with Gasteiger partial charge in [0.2, 0.25) is 11.8 Å². The maximum Gasteiger partial charge on any atom is 0.238 e. The van der Waals surface area contributed by atoms with Crippen LogP contribution < -0.4 is 10.6 Å². The fourth-order valence-electron chi connectivity index (χ4n) is 4.37. The van der Waals surface area contributed by atoms with Crippen molar-refractivity contribution < 1.29 is 9.59 Å². The lowest BCUT2D eigenvalue weighted by Crippen LogP contribution is -2.41. The van der Waals surface area contributed by atoms with Crippen LogP contribution in [0.4, 0.5) is 10.8 Å². The van der Waals surface area contributed by atoms with E-state index in [4.69, 9.17) is 0 Å². The van der Waals surface area contributed by atoms with Gasteiger partial charge >= 0.3 is 0 Å². The molecule has 0 spiro atoms. The van der Waals surface area contributed by atoms with Gasteiger partial charge in [-0.05, 0) is 62.0 Å². The highest BCUT2D eigenvalue weighted by Gasteiger charge is 2.26. The van der Waals surface area contributed by atoms with E-state index < -0.39 is 0 Å². The Bertz CT molecular complexity index is 1320. The second-order valence-corrected chi connectivity index (χ2v) is 9.64. The van der Waals surface area contributed by atoms with Crippen LogP contribution >= 0.6 is 11.3 Å². The van der Waals surface area contributed by atoms with Crippen molar-refractivity contribution in [1.29, 1.82) is 0 Å². The number of amides is 2. The van der Waals surface area contributed by atoms with E-state index in [-0.39, 0.29) is 17.7 Å². The summed E-state index contributed by atoms with van der Waals surface area (Å²) in [6.07, 6.45) is 1.47. The molecule has 168 valence electrons. The predicted molar refractivity (Wildman–Crippen MR) is 135 cm³/mol. The maximum atomic E-state index is 12.8. The Kier molecular flexibility index (Phi) is 6.07. The smallest absolute Gasteiger partial charge is 0.238 e. The maximum absolute atomic E-state index is 12.8. The molecule has 0 unspecified atom stereocenters. The summed E-state index contributed by atoms with van der Waals surface area (Å²) in [5.74, 6) is -0.0687. The third-order valence-electron chi connectivity index (χ3n) is 6.16. The highest BCUT2D eigenvalue weighted by atomic mass is 32.1. The molecule has 4 aromatic rings. The molecule has 6 nitrogen and oxygen atoms in total. The van der Waals surface area contributed by atoms with E-state index in [1.54, 1.807) is 0 Å². The highest BCUT2D eigenvalue weighted by Crippen LogP contribution is 2.28. The lowest BCUT2D eigenvalue weighted by molar-refractivity contribution is -0.121. The summed E-state index contributed by atoms with van der Waals surface area (Å²) in [5.41, 5.74) is 2.92. The van der Waals surface area contributed by atoms with Crippen LogP contribution in [0.1, 0.15) is 18.4 Å². The Labute approximate surface area is 196 Å². The van der Waals surface area contributed by atoms with Crippen LogP contribution in [0.25, 0.3) is 21.0 Å². The van der Waals surface area contributed by atoms with Gasteiger partial charge in [0.15, 0.2) is 5.13 Å². The molecule has 0 saturated carbocycles. The Morgan fingerprint density at radius 1 is 1.03 bits per heavy atom. The summed E-state index contributed by atoms with van der Waals surface area (Å²) in [5, 5.41) is 8.83. The van der Waals surface area contributed by atoms with E-state index >= 15 is 0 Å². The number of carbonyl (C=O) groups excluding carboxylic acids is 2. The molecular formula is C26H26N4O2S. The number of aryl methyl sites for hydroxylation is 1. The molecule has 1 aromatic heterocycles. The molecule has 0 aliphatic carbocycles. The Morgan fingerprint density at radius 3 is 2.67 bits per heavy atom. The molecule has 2 heterocycles. The number of benzene rings is 3. The Hall–Kier alpha value is -3.29. The number of hydrogen-bond acceptors (Lipinski definition) is 5. The van der Waals surface area contributed by atoms with Crippen LogP contribution in [0.2, 0.25) is 0 Å². The van der Waals surface area contributed by atoms with Gasteiger partial charge in [0, 0.05) is 17.0 Å². The molecule has 2 amide bonds. The van der Waals surface area contributed by atoms with Gasteiger partial charge in [-0.1, -0.05) is 53.8 Å². The zero-order valence-electron chi connectivity index (χ0n) is 18.5. The SMILES string of the molecule is Cc1ccc2nc(NC(=O)C3CCN(CC(=O)Nc4cccc5ccccc45)CC3)sc2c1. The normalized spacial score (nSPS) is 15.1. The number of nitrogens with one attached hydrogen (secondary N) is 2. The van der Waals surface area contributed by atoms with Crippen molar-refractivity contribution in [3.05, 3.63) is 66.2 Å². The van der Waals surface area contributed by atoms with Gasteiger partial charge in [-0.3, -0.25) is 14.5 Å². The van der Waals surface area contributed by atoms with E-state index in [1.807, 2.05) is 61.5 Å². The number of thiazole rings is 1. The fraction of sp³-hybridized carbons (Fsp3) is 0.269. The second-order valence-electron chi connectivity index (χ2n) is 8.60. The first-order chi connectivity index (χ1) is 16.0. The van der Waals surface area contributed by atoms with Crippen LogP contribution in [-0.2, 0) is 9.59 Å². The molecule has 7 heteroatoms. The molecule has 5 rings (SSSR count). The predicted octanol–water partition coefficient (Wildman–Crippen LogP) is 5.05. The van der Waals surface area contributed by atoms with Crippen LogP contribution in [0, 0.1) is 12.8 Å². The summed E-state index contributed by atoms with van der Waals surface area (Å²) in [4.78, 5) is 32.1. The molecule has 3 aromatic carbocycles. The third kappa shape index (κ3) is 4.89. The van der Waals surface area contributed by atoms with Crippen molar-refractivity contribution in [3.8, 4) is 0 Å². The molecule has 1 saturated heterocycles. The minimum absolute atomic E-state index is 0.0191. The number of anilines is 2. The van der Waals surface area contributed by atoms with Crippen molar-refractivity contribution in [2.24, 2.45) is 5.92 Å². The Balaban J connectivity index is 1.13. The van der Waals surface area contributed by atoms with E-state index in [2.05, 4.69) is 26.6 Å². The van der Waals surface area contributed by atoms with Gasteiger partial charge in [0.1, 0.15) is 0 Å². The van der Waals surface area contributed by atoms with Crippen LogP contribution in [0.15, 0.2) is 60.7 Å². The van der Waals surface area contributed by atoms with E-state index in [0.29, 0.717) is 11.7 Å². The van der Waals surface area contributed by atoms with Crippen LogP contribution in [0.3, 0.4) is 0 Å². The number of piperidine rings is 1. The molecule has 0 bridgehead atoms. The van der Waals surface area contributed by atoms with Crippen molar-refractivity contribution in [3.63, 3.8) is 0 Å². The van der Waals surface area contributed by atoms with E-state index in [0.717, 1.165) is 52.6 Å². The third-order valence-corrected chi connectivity index (χ3v) is 7.10. The molecule has 33 heavy (non-hydrogen) atoms.